The Morgan fingerprint density at radius 3 is 2.75 bits per heavy atom. The Balaban J connectivity index is 1.57. The lowest BCUT2D eigenvalue weighted by molar-refractivity contribution is -0.141. The van der Waals surface area contributed by atoms with E-state index in [4.69, 9.17) is 4.42 Å². The lowest BCUT2D eigenvalue weighted by Crippen LogP contribution is -2.39. The predicted molar refractivity (Wildman–Crippen MR) is 93.7 cm³/mol. The zero-order valence-electron chi connectivity index (χ0n) is 15.0. The highest BCUT2D eigenvalue weighted by molar-refractivity contribution is 5.92. The van der Waals surface area contributed by atoms with E-state index in [0.717, 1.165) is 11.9 Å². The number of oxazole rings is 1. The molecule has 4 rings (SSSR count). The van der Waals surface area contributed by atoms with Gasteiger partial charge in [0.15, 0.2) is 11.5 Å². The van der Waals surface area contributed by atoms with Crippen LogP contribution in [0.2, 0.25) is 0 Å². The van der Waals surface area contributed by atoms with Crippen molar-refractivity contribution in [2.75, 3.05) is 13.1 Å². The fourth-order valence-electron chi connectivity index (χ4n) is 3.41. The summed E-state index contributed by atoms with van der Waals surface area (Å²) in [7, 11) is 0. The van der Waals surface area contributed by atoms with E-state index in [2.05, 4.69) is 15.0 Å². The zero-order valence-corrected chi connectivity index (χ0v) is 15.0. The third-order valence-electron chi connectivity index (χ3n) is 4.72. The number of rotatable bonds is 2. The number of carbonyl (C=O) groups is 1. The van der Waals surface area contributed by atoms with Crippen molar-refractivity contribution in [3.8, 4) is 0 Å². The normalized spacial score (nSPS) is 17.9. The highest BCUT2D eigenvalue weighted by Gasteiger charge is 2.35. The van der Waals surface area contributed by atoms with E-state index in [0.29, 0.717) is 37.1 Å². The van der Waals surface area contributed by atoms with Gasteiger partial charge in [-0.1, -0.05) is 12.1 Å². The van der Waals surface area contributed by atoms with Crippen LogP contribution in [0.25, 0.3) is 11.1 Å². The first-order valence-corrected chi connectivity index (χ1v) is 8.89. The van der Waals surface area contributed by atoms with E-state index in [1.807, 2.05) is 24.3 Å². The first-order valence-electron chi connectivity index (χ1n) is 8.89. The van der Waals surface area contributed by atoms with Crippen molar-refractivity contribution in [1.82, 2.24) is 19.9 Å². The van der Waals surface area contributed by atoms with Crippen LogP contribution < -0.4 is 0 Å². The van der Waals surface area contributed by atoms with E-state index in [1.165, 1.54) is 11.8 Å². The first kappa shape index (κ1) is 18.4. The second-order valence-corrected chi connectivity index (χ2v) is 6.79. The molecule has 0 saturated carbocycles. The highest BCUT2D eigenvalue weighted by atomic mass is 19.4. The molecule has 1 unspecified atom stereocenters. The summed E-state index contributed by atoms with van der Waals surface area (Å²) in [6.07, 6.45) is -3.15. The van der Waals surface area contributed by atoms with Gasteiger partial charge in [0, 0.05) is 19.2 Å². The van der Waals surface area contributed by atoms with Gasteiger partial charge in [-0.2, -0.15) is 13.2 Å². The number of halogens is 3. The van der Waals surface area contributed by atoms with Gasteiger partial charge >= 0.3 is 6.18 Å². The lowest BCUT2D eigenvalue weighted by atomic mass is 9.97. The Hall–Kier alpha value is -2.97. The standard InChI is InChI=1S/C19H17F3N4O2/c1-11-23-14(9-16(24-11)19(20,21)22)18(27)26-8-4-5-12(10-26)17-25-13-6-2-3-7-15(13)28-17/h2-3,6-7,9,12H,4-5,8,10H2,1H3. The van der Waals surface area contributed by atoms with Crippen LogP contribution in [-0.4, -0.2) is 38.8 Å². The summed E-state index contributed by atoms with van der Waals surface area (Å²) in [4.78, 5) is 26.1. The summed E-state index contributed by atoms with van der Waals surface area (Å²) in [6, 6.07) is 8.08. The molecule has 1 aromatic carbocycles. The molecule has 1 aliphatic heterocycles. The molecule has 0 radical (unpaired) electrons. The molecular weight excluding hydrogens is 373 g/mol. The van der Waals surface area contributed by atoms with Gasteiger partial charge in [0.1, 0.15) is 22.7 Å². The van der Waals surface area contributed by atoms with E-state index >= 15 is 0 Å². The minimum absolute atomic E-state index is 0.0920. The second-order valence-electron chi connectivity index (χ2n) is 6.79. The molecule has 0 aliphatic carbocycles. The van der Waals surface area contributed by atoms with Crippen LogP contribution in [0.1, 0.15) is 46.7 Å². The summed E-state index contributed by atoms with van der Waals surface area (Å²) >= 11 is 0. The van der Waals surface area contributed by atoms with Gasteiger partial charge in [0.2, 0.25) is 0 Å². The number of amides is 1. The Morgan fingerprint density at radius 1 is 1.21 bits per heavy atom. The molecule has 9 heteroatoms. The summed E-state index contributed by atoms with van der Waals surface area (Å²) in [5, 5.41) is 0. The fraction of sp³-hybridized carbons (Fsp3) is 0.368. The molecule has 1 fully saturated rings. The topological polar surface area (TPSA) is 72.1 Å². The smallest absolute Gasteiger partial charge is 0.433 e. The monoisotopic (exact) mass is 390 g/mol. The molecule has 1 saturated heterocycles. The van der Waals surface area contributed by atoms with E-state index in [9.17, 15) is 18.0 Å². The van der Waals surface area contributed by atoms with Gasteiger partial charge in [-0.3, -0.25) is 4.79 Å². The predicted octanol–water partition coefficient (Wildman–Crippen LogP) is 3.96. The quantitative estimate of drug-likeness (QED) is 0.662. The number of hydrogen-bond donors (Lipinski definition) is 0. The fourth-order valence-corrected chi connectivity index (χ4v) is 3.41. The van der Waals surface area contributed by atoms with Crippen LogP contribution in [0, 0.1) is 6.92 Å². The average molecular weight is 390 g/mol. The van der Waals surface area contributed by atoms with Crippen LogP contribution in [0.3, 0.4) is 0 Å². The van der Waals surface area contributed by atoms with Crippen molar-refractivity contribution < 1.29 is 22.4 Å². The number of likely N-dealkylation sites (tertiary alicyclic amines) is 1. The number of fused-ring (bicyclic) bond motifs is 1. The van der Waals surface area contributed by atoms with Gasteiger partial charge in [0.25, 0.3) is 5.91 Å². The largest absolute Gasteiger partial charge is 0.440 e. The number of piperidine rings is 1. The number of aromatic nitrogens is 3. The molecule has 1 amide bonds. The molecule has 0 N–H and O–H groups in total. The minimum Gasteiger partial charge on any atom is -0.440 e. The molecule has 6 nitrogen and oxygen atoms in total. The van der Waals surface area contributed by atoms with Crippen molar-refractivity contribution >= 4 is 17.0 Å². The maximum Gasteiger partial charge on any atom is 0.433 e. The van der Waals surface area contributed by atoms with Crippen LogP contribution in [-0.2, 0) is 6.18 Å². The Kier molecular flexibility index (Phi) is 4.52. The lowest BCUT2D eigenvalue weighted by Gasteiger charge is -2.31. The average Bonchev–Trinajstić information content (AvgIpc) is 3.10. The third kappa shape index (κ3) is 3.56. The number of para-hydroxylation sites is 2. The maximum atomic E-state index is 13.0. The first-order chi connectivity index (χ1) is 13.3. The zero-order chi connectivity index (χ0) is 19.9. The van der Waals surface area contributed by atoms with Crippen molar-refractivity contribution in [2.24, 2.45) is 0 Å². The summed E-state index contributed by atoms with van der Waals surface area (Å²) in [5.74, 6) is -0.217. The second kappa shape index (κ2) is 6.88. The summed E-state index contributed by atoms with van der Waals surface area (Å²) in [6.45, 7) is 2.10. The summed E-state index contributed by atoms with van der Waals surface area (Å²) in [5.41, 5.74) is 0.0401. The number of hydrogen-bond acceptors (Lipinski definition) is 5. The Bertz CT molecular complexity index is 998. The van der Waals surface area contributed by atoms with Crippen molar-refractivity contribution in [3.05, 3.63) is 53.4 Å². The number of benzene rings is 1. The van der Waals surface area contributed by atoms with Crippen molar-refractivity contribution in [3.63, 3.8) is 0 Å². The number of carbonyl (C=O) groups excluding carboxylic acids is 1. The minimum atomic E-state index is -4.63. The molecule has 1 aliphatic rings. The molecule has 0 spiro atoms. The number of nitrogens with zero attached hydrogens (tertiary/aromatic N) is 4. The Morgan fingerprint density at radius 2 is 2.00 bits per heavy atom. The molecule has 1 atom stereocenters. The van der Waals surface area contributed by atoms with Crippen molar-refractivity contribution in [1.29, 1.82) is 0 Å². The van der Waals surface area contributed by atoms with Crippen LogP contribution in [0.5, 0.6) is 0 Å². The van der Waals surface area contributed by atoms with Gasteiger partial charge < -0.3 is 9.32 Å². The molecular formula is C19H17F3N4O2. The third-order valence-corrected chi connectivity index (χ3v) is 4.72. The van der Waals surface area contributed by atoms with E-state index in [-0.39, 0.29) is 17.4 Å². The van der Waals surface area contributed by atoms with Gasteiger partial charge in [-0.05, 0) is 31.9 Å². The summed E-state index contributed by atoms with van der Waals surface area (Å²) < 4.78 is 44.8. The van der Waals surface area contributed by atoms with Gasteiger partial charge in [-0.25, -0.2) is 15.0 Å². The van der Waals surface area contributed by atoms with Gasteiger partial charge in [-0.15, -0.1) is 0 Å². The van der Waals surface area contributed by atoms with E-state index < -0.39 is 17.8 Å². The molecule has 146 valence electrons. The number of alkyl halides is 3. The van der Waals surface area contributed by atoms with Crippen LogP contribution in [0.15, 0.2) is 34.7 Å². The van der Waals surface area contributed by atoms with Crippen LogP contribution in [0.4, 0.5) is 13.2 Å². The number of aryl methyl sites for hydroxylation is 1. The van der Waals surface area contributed by atoms with Crippen molar-refractivity contribution in [2.45, 2.75) is 31.9 Å². The molecule has 2 aromatic heterocycles. The van der Waals surface area contributed by atoms with Gasteiger partial charge in [0.05, 0.1) is 5.92 Å². The SMILES string of the molecule is Cc1nc(C(=O)N2CCCC(c3nc4ccccc4o3)C2)cc(C(F)(F)F)n1. The maximum absolute atomic E-state index is 13.0. The Labute approximate surface area is 158 Å². The molecule has 28 heavy (non-hydrogen) atoms. The molecule has 0 bridgehead atoms. The molecule has 3 aromatic rings. The van der Waals surface area contributed by atoms with E-state index in [1.54, 1.807) is 0 Å². The molecule has 3 heterocycles. The highest BCUT2D eigenvalue weighted by Crippen LogP contribution is 2.31. The van der Waals surface area contributed by atoms with Crippen LogP contribution >= 0.6 is 0 Å².